The zero-order chi connectivity index (χ0) is 13.5. The summed E-state index contributed by atoms with van der Waals surface area (Å²) < 4.78 is 0. The number of aliphatic carboxylic acids is 1. The van der Waals surface area contributed by atoms with Crippen molar-refractivity contribution in [2.24, 2.45) is 0 Å². The number of rotatable bonds is 6. The Morgan fingerprint density at radius 1 is 1.22 bits per heavy atom. The number of carboxylic acid groups (broad SMARTS) is 1. The van der Waals surface area contributed by atoms with E-state index in [-0.39, 0.29) is 18.9 Å². The molecule has 0 aliphatic carbocycles. The Hall–Kier alpha value is -1.84. The van der Waals surface area contributed by atoms with Gasteiger partial charge in [-0.3, -0.25) is 9.59 Å². The average molecular weight is 249 g/mol. The van der Waals surface area contributed by atoms with E-state index in [0.717, 1.165) is 5.56 Å². The molecule has 0 saturated heterocycles. The third kappa shape index (κ3) is 4.99. The molecule has 0 atom stereocenters. The van der Waals surface area contributed by atoms with Crippen molar-refractivity contribution in [3.8, 4) is 0 Å². The molecule has 0 saturated carbocycles. The number of benzene rings is 1. The second-order valence-corrected chi connectivity index (χ2v) is 4.42. The van der Waals surface area contributed by atoms with E-state index >= 15 is 0 Å². The van der Waals surface area contributed by atoms with Crippen LogP contribution in [0.2, 0.25) is 0 Å². The number of carboxylic acids is 1. The maximum Gasteiger partial charge on any atom is 0.305 e. The molecule has 0 spiro atoms. The first kappa shape index (κ1) is 14.2. The molecule has 98 valence electrons. The molecule has 0 radical (unpaired) electrons. The van der Waals surface area contributed by atoms with Crippen molar-refractivity contribution in [3.05, 3.63) is 34.9 Å². The Morgan fingerprint density at radius 3 is 2.56 bits per heavy atom. The van der Waals surface area contributed by atoms with Crippen molar-refractivity contribution in [2.75, 3.05) is 6.54 Å². The van der Waals surface area contributed by atoms with Gasteiger partial charge in [-0.2, -0.15) is 0 Å². The number of carbonyl (C=O) groups is 2. The van der Waals surface area contributed by atoms with Gasteiger partial charge in [0.05, 0.1) is 6.42 Å². The van der Waals surface area contributed by atoms with Crippen LogP contribution < -0.4 is 5.32 Å². The van der Waals surface area contributed by atoms with Crippen LogP contribution in [0.3, 0.4) is 0 Å². The number of nitrogens with one attached hydrogen (secondary N) is 1. The second-order valence-electron chi connectivity index (χ2n) is 4.42. The number of carbonyl (C=O) groups excluding carboxylic acids is 1. The number of aryl methyl sites for hydroxylation is 3. The smallest absolute Gasteiger partial charge is 0.305 e. The lowest BCUT2D eigenvalue weighted by molar-refractivity contribution is -0.136. The Bertz CT molecular complexity index is 441. The predicted molar refractivity (Wildman–Crippen MR) is 69.5 cm³/mol. The molecule has 1 aromatic rings. The van der Waals surface area contributed by atoms with E-state index in [9.17, 15) is 9.59 Å². The minimum absolute atomic E-state index is 0.0324. The summed E-state index contributed by atoms with van der Waals surface area (Å²) in [5.74, 6) is -0.999. The molecule has 4 heteroatoms. The molecule has 0 aliphatic rings. The van der Waals surface area contributed by atoms with Gasteiger partial charge in [0.1, 0.15) is 0 Å². The monoisotopic (exact) mass is 249 g/mol. The molecule has 0 bridgehead atoms. The van der Waals surface area contributed by atoms with Crippen molar-refractivity contribution in [1.29, 1.82) is 0 Å². The highest BCUT2D eigenvalue weighted by Crippen LogP contribution is 2.12. The predicted octanol–water partition coefficient (Wildman–Crippen LogP) is 1.83. The van der Waals surface area contributed by atoms with Gasteiger partial charge in [-0.15, -0.1) is 0 Å². The Labute approximate surface area is 107 Å². The molecule has 0 heterocycles. The van der Waals surface area contributed by atoms with Crippen LogP contribution in [0.4, 0.5) is 0 Å². The largest absolute Gasteiger partial charge is 0.481 e. The molecule has 1 rings (SSSR count). The standard InChI is InChI=1S/C14H19NO3/c1-10-3-4-12(11(2)9-10)5-6-13(16)15-8-7-14(17)18/h3-4,9H,5-8H2,1-2H3,(H,15,16)(H,17,18). The zero-order valence-corrected chi connectivity index (χ0v) is 10.8. The van der Waals surface area contributed by atoms with Crippen molar-refractivity contribution in [3.63, 3.8) is 0 Å². The molecule has 0 unspecified atom stereocenters. The quantitative estimate of drug-likeness (QED) is 0.808. The molecule has 1 aromatic carbocycles. The minimum atomic E-state index is -0.898. The zero-order valence-electron chi connectivity index (χ0n) is 10.8. The SMILES string of the molecule is Cc1ccc(CCC(=O)NCCC(=O)O)c(C)c1. The van der Waals surface area contributed by atoms with Crippen molar-refractivity contribution < 1.29 is 14.7 Å². The molecule has 2 N–H and O–H groups in total. The fraction of sp³-hybridized carbons (Fsp3) is 0.429. The number of hydrogen-bond acceptors (Lipinski definition) is 2. The number of amides is 1. The molecule has 0 aliphatic heterocycles. The summed E-state index contributed by atoms with van der Waals surface area (Å²) in [6.07, 6.45) is 1.05. The molecule has 18 heavy (non-hydrogen) atoms. The van der Waals surface area contributed by atoms with E-state index < -0.39 is 5.97 Å². The summed E-state index contributed by atoms with van der Waals surface area (Å²) in [5, 5.41) is 11.0. The number of hydrogen-bond donors (Lipinski definition) is 2. The van der Waals surface area contributed by atoms with Gasteiger partial charge in [-0.25, -0.2) is 0 Å². The fourth-order valence-corrected chi connectivity index (χ4v) is 1.77. The van der Waals surface area contributed by atoms with Crippen LogP contribution >= 0.6 is 0 Å². The van der Waals surface area contributed by atoms with Gasteiger partial charge in [0.2, 0.25) is 5.91 Å². The van der Waals surface area contributed by atoms with Crippen LogP contribution in [0.1, 0.15) is 29.5 Å². The van der Waals surface area contributed by atoms with Crippen molar-refractivity contribution in [1.82, 2.24) is 5.32 Å². The third-order valence-electron chi connectivity index (χ3n) is 2.78. The normalized spacial score (nSPS) is 10.1. The van der Waals surface area contributed by atoms with Gasteiger partial charge in [0.25, 0.3) is 0 Å². The third-order valence-corrected chi connectivity index (χ3v) is 2.78. The summed E-state index contributed by atoms with van der Waals surface area (Å²) in [5.41, 5.74) is 3.56. The lowest BCUT2D eigenvalue weighted by atomic mass is 10.0. The van der Waals surface area contributed by atoms with Gasteiger partial charge in [0, 0.05) is 13.0 Å². The van der Waals surface area contributed by atoms with E-state index in [1.54, 1.807) is 0 Å². The lowest BCUT2D eigenvalue weighted by Gasteiger charge is -2.07. The maximum absolute atomic E-state index is 11.5. The molecular weight excluding hydrogens is 230 g/mol. The van der Waals surface area contributed by atoms with Crippen LogP contribution in [0.5, 0.6) is 0 Å². The van der Waals surface area contributed by atoms with Gasteiger partial charge >= 0.3 is 5.97 Å². The summed E-state index contributed by atoms with van der Waals surface area (Å²) in [4.78, 5) is 21.8. The molecule has 0 fully saturated rings. The highest BCUT2D eigenvalue weighted by molar-refractivity contribution is 5.77. The highest BCUT2D eigenvalue weighted by Gasteiger charge is 2.05. The van der Waals surface area contributed by atoms with Crippen LogP contribution in [-0.4, -0.2) is 23.5 Å². The first-order chi connectivity index (χ1) is 8.49. The van der Waals surface area contributed by atoms with Crippen LogP contribution in [0, 0.1) is 13.8 Å². The summed E-state index contributed by atoms with van der Waals surface area (Å²) >= 11 is 0. The van der Waals surface area contributed by atoms with E-state index in [1.165, 1.54) is 11.1 Å². The fourth-order valence-electron chi connectivity index (χ4n) is 1.77. The second kappa shape index (κ2) is 6.79. The van der Waals surface area contributed by atoms with E-state index in [2.05, 4.69) is 11.4 Å². The van der Waals surface area contributed by atoms with Gasteiger partial charge in [0.15, 0.2) is 0 Å². The summed E-state index contributed by atoms with van der Waals surface area (Å²) in [6, 6.07) is 6.16. The Balaban J connectivity index is 2.36. The van der Waals surface area contributed by atoms with E-state index in [0.29, 0.717) is 12.8 Å². The molecular formula is C14H19NO3. The van der Waals surface area contributed by atoms with Crippen molar-refractivity contribution in [2.45, 2.75) is 33.1 Å². The van der Waals surface area contributed by atoms with E-state index in [1.807, 2.05) is 26.0 Å². The van der Waals surface area contributed by atoms with Crippen LogP contribution in [0.15, 0.2) is 18.2 Å². The highest BCUT2D eigenvalue weighted by atomic mass is 16.4. The van der Waals surface area contributed by atoms with Crippen LogP contribution in [-0.2, 0) is 16.0 Å². The Morgan fingerprint density at radius 2 is 1.94 bits per heavy atom. The van der Waals surface area contributed by atoms with E-state index in [4.69, 9.17) is 5.11 Å². The van der Waals surface area contributed by atoms with Gasteiger partial charge in [-0.1, -0.05) is 23.8 Å². The molecule has 4 nitrogen and oxygen atoms in total. The van der Waals surface area contributed by atoms with Crippen molar-refractivity contribution >= 4 is 11.9 Å². The Kier molecular flexibility index (Phi) is 5.36. The maximum atomic E-state index is 11.5. The minimum Gasteiger partial charge on any atom is -0.481 e. The van der Waals surface area contributed by atoms with Gasteiger partial charge < -0.3 is 10.4 Å². The molecule has 1 amide bonds. The topological polar surface area (TPSA) is 66.4 Å². The van der Waals surface area contributed by atoms with Gasteiger partial charge in [-0.05, 0) is 31.4 Å². The van der Waals surface area contributed by atoms with Crippen LogP contribution in [0.25, 0.3) is 0 Å². The molecule has 0 aromatic heterocycles. The summed E-state index contributed by atoms with van der Waals surface area (Å²) in [7, 11) is 0. The lowest BCUT2D eigenvalue weighted by Crippen LogP contribution is -2.26. The first-order valence-electron chi connectivity index (χ1n) is 6.03. The first-order valence-corrected chi connectivity index (χ1v) is 6.03. The average Bonchev–Trinajstić information content (AvgIpc) is 2.27. The summed E-state index contributed by atoms with van der Waals surface area (Å²) in [6.45, 7) is 4.26.